The highest BCUT2D eigenvalue weighted by molar-refractivity contribution is 7.89. The summed E-state index contributed by atoms with van der Waals surface area (Å²) >= 11 is 0. The van der Waals surface area contributed by atoms with Crippen LogP contribution in [0, 0.1) is 0 Å². The molecule has 150 valence electrons. The highest BCUT2D eigenvalue weighted by atomic mass is 32.2. The summed E-state index contributed by atoms with van der Waals surface area (Å²) in [6.45, 7) is 0.385. The monoisotopic (exact) mass is 405 g/mol. The molecule has 0 amide bonds. The molecule has 1 unspecified atom stereocenters. The second-order valence-electron chi connectivity index (χ2n) is 6.40. The van der Waals surface area contributed by atoms with E-state index >= 15 is 0 Å². The maximum Gasteiger partial charge on any atom is 0.337 e. The minimum absolute atomic E-state index is 0.0594. The van der Waals surface area contributed by atoms with Gasteiger partial charge in [-0.2, -0.15) is 4.31 Å². The number of sulfonamides is 1. The van der Waals surface area contributed by atoms with Crippen molar-refractivity contribution in [3.63, 3.8) is 0 Å². The maximum atomic E-state index is 13.3. The van der Waals surface area contributed by atoms with Gasteiger partial charge in [0, 0.05) is 12.1 Å². The maximum absolute atomic E-state index is 13.3. The zero-order valence-corrected chi connectivity index (χ0v) is 16.9. The Morgan fingerprint density at radius 3 is 2.54 bits per heavy atom. The zero-order valence-electron chi connectivity index (χ0n) is 16.0. The van der Waals surface area contributed by atoms with E-state index in [2.05, 4.69) is 0 Å². The smallest absolute Gasteiger partial charge is 0.337 e. The fourth-order valence-corrected chi connectivity index (χ4v) is 5.20. The van der Waals surface area contributed by atoms with Gasteiger partial charge in [0.2, 0.25) is 10.0 Å². The SMILES string of the molecule is COC(=O)c1cccc(S(=O)(=O)N2CCCC2c2cc(OC)ccc2OC)c1. The Morgan fingerprint density at radius 2 is 1.86 bits per heavy atom. The molecule has 0 aliphatic carbocycles. The summed E-state index contributed by atoms with van der Waals surface area (Å²) in [5, 5.41) is 0. The van der Waals surface area contributed by atoms with Gasteiger partial charge < -0.3 is 14.2 Å². The topological polar surface area (TPSA) is 82.1 Å². The molecule has 0 spiro atoms. The second kappa shape index (κ2) is 8.20. The van der Waals surface area contributed by atoms with Crippen molar-refractivity contribution in [3.8, 4) is 11.5 Å². The Hall–Kier alpha value is -2.58. The predicted molar refractivity (Wildman–Crippen MR) is 103 cm³/mol. The van der Waals surface area contributed by atoms with E-state index in [1.165, 1.54) is 35.7 Å². The van der Waals surface area contributed by atoms with Gasteiger partial charge >= 0.3 is 5.97 Å². The van der Waals surface area contributed by atoms with Gasteiger partial charge in [-0.1, -0.05) is 6.07 Å². The summed E-state index contributed by atoms with van der Waals surface area (Å²) in [5.41, 5.74) is 0.949. The van der Waals surface area contributed by atoms with Gasteiger partial charge in [-0.05, 0) is 49.2 Å². The lowest BCUT2D eigenvalue weighted by Crippen LogP contribution is -2.31. The number of methoxy groups -OCH3 is 3. The van der Waals surface area contributed by atoms with Crippen molar-refractivity contribution < 1.29 is 27.4 Å². The van der Waals surface area contributed by atoms with E-state index in [1.54, 1.807) is 26.4 Å². The van der Waals surface area contributed by atoms with Crippen molar-refractivity contribution >= 4 is 16.0 Å². The van der Waals surface area contributed by atoms with Gasteiger partial charge in [0.05, 0.1) is 37.8 Å². The van der Waals surface area contributed by atoms with Crippen LogP contribution in [0.5, 0.6) is 11.5 Å². The number of carbonyl (C=O) groups is 1. The molecule has 2 aromatic carbocycles. The van der Waals surface area contributed by atoms with E-state index in [4.69, 9.17) is 14.2 Å². The van der Waals surface area contributed by atoms with Crippen LogP contribution in [-0.4, -0.2) is 46.6 Å². The van der Waals surface area contributed by atoms with Gasteiger partial charge in [0.25, 0.3) is 0 Å². The summed E-state index contributed by atoms with van der Waals surface area (Å²) in [4.78, 5) is 11.9. The van der Waals surface area contributed by atoms with E-state index in [1.807, 2.05) is 6.07 Å². The highest BCUT2D eigenvalue weighted by Crippen LogP contribution is 2.41. The van der Waals surface area contributed by atoms with E-state index in [0.29, 0.717) is 24.5 Å². The Kier molecular flexibility index (Phi) is 5.90. The molecule has 1 saturated heterocycles. The number of esters is 1. The van der Waals surface area contributed by atoms with Crippen LogP contribution >= 0.6 is 0 Å². The molecule has 2 aromatic rings. The molecule has 1 aliphatic heterocycles. The molecule has 0 radical (unpaired) electrons. The zero-order chi connectivity index (χ0) is 20.3. The Labute approximate surface area is 164 Å². The summed E-state index contributed by atoms with van der Waals surface area (Å²) in [5.74, 6) is 0.661. The molecule has 0 saturated carbocycles. The number of hydrogen-bond acceptors (Lipinski definition) is 6. The normalized spacial score (nSPS) is 17.3. The molecule has 1 atom stereocenters. The Balaban J connectivity index is 2.02. The van der Waals surface area contributed by atoms with Crippen LogP contribution in [0.4, 0.5) is 0 Å². The minimum atomic E-state index is -3.82. The fourth-order valence-electron chi connectivity index (χ4n) is 3.48. The van der Waals surface area contributed by atoms with Gasteiger partial charge in [0.1, 0.15) is 11.5 Å². The van der Waals surface area contributed by atoms with Crippen molar-refractivity contribution in [1.29, 1.82) is 0 Å². The summed E-state index contributed by atoms with van der Waals surface area (Å²) < 4.78 is 43.6. The van der Waals surface area contributed by atoms with Crippen LogP contribution in [0.1, 0.15) is 34.8 Å². The Morgan fingerprint density at radius 1 is 1.07 bits per heavy atom. The lowest BCUT2D eigenvalue weighted by atomic mass is 10.0. The average molecular weight is 405 g/mol. The van der Waals surface area contributed by atoms with Crippen LogP contribution in [0.2, 0.25) is 0 Å². The molecule has 0 aromatic heterocycles. The van der Waals surface area contributed by atoms with Crippen LogP contribution in [0.25, 0.3) is 0 Å². The van der Waals surface area contributed by atoms with Crippen LogP contribution < -0.4 is 9.47 Å². The minimum Gasteiger partial charge on any atom is -0.497 e. The molecule has 8 heteroatoms. The van der Waals surface area contributed by atoms with Gasteiger partial charge in [-0.15, -0.1) is 0 Å². The van der Waals surface area contributed by atoms with Crippen molar-refractivity contribution in [2.75, 3.05) is 27.9 Å². The molecular weight excluding hydrogens is 382 g/mol. The Bertz CT molecular complexity index is 972. The van der Waals surface area contributed by atoms with Gasteiger partial charge in [-0.3, -0.25) is 0 Å². The summed E-state index contributed by atoms with van der Waals surface area (Å²) in [6.07, 6.45) is 1.39. The van der Waals surface area contributed by atoms with Crippen LogP contribution in [0.15, 0.2) is 47.4 Å². The fraction of sp³-hybridized carbons (Fsp3) is 0.350. The van der Waals surface area contributed by atoms with Crippen molar-refractivity contribution in [1.82, 2.24) is 4.31 Å². The number of ether oxygens (including phenoxy) is 3. The standard InChI is InChI=1S/C20H23NO6S/c1-25-15-9-10-19(26-2)17(13-15)18-8-5-11-21(18)28(23,24)16-7-4-6-14(12-16)20(22)27-3/h4,6-7,9-10,12-13,18H,5,8,11H2,1-3H3. The van der Waals surface area contributed by atoms with Crippen molar-refractivity contribution in [2.45, 2.75) is 23.8 Å². The first-order valence-electron chi connectivity index (χ1n) is 8.84. The van der Waals surface area contributed by atoms with E-state index < -0.39 is 16.0 Å². The lowest BCUT2D eigenvalue weighted by Gasteiger charge is -2.26. The van der Waals surface area contributed by atoms with Crippen LogP contribution in [-0.2, 0) is 14.8 Å². The molecule has 28 heavy (non-hydrogen) atoms. The molecule has 1 aliphatic rings. The first kappa shape index (κ1) is 20.2. The average Bonchev–Trinajstić information content (AvgIpc) is 3.23. The van der Waals surface area contributed by atoms with E-state index in [0.717, 1.165) is 12.0 Å². The molecule has 1 fully saturated rings. The van der Waals surface area contributed by atoms with E-state index in [9.17, 15) is 13.2 Å². The summed E-state index contributed by atoms with van der Waals surface area (Å²) in [7, 11) is 0.560. The number of benzene rings is 2. The number of rotatable bonds is 6. The van der Waals surface area contributed by atoms with Gasteiger partial charge in [-0.25, -0.2) is 13.2 Å². The van der Waals surface area contributed by atoms with Crippen molar-refractivity contribution in [2.24, 2.45) is 0 Å². The quantitative estimate of drug-likeness (QED) is 0.687. The third kappa shape index (κ3) is 3.70. The van der Waals surface area contributed by atoms with Crippen LogP contribution in [0.3, 0.4) is 0 Å². The number of hydrogen-bond donors (Lipinski definition) is 0. The molecule has 0 bridgehead atoms. The molecule has 7 nitrogen and oxygen atoms in total. The summed E-state index contributed by atoms with van der Waals surface area (Å²) in [6, 6.07) is 10.9. The predicted octanol–water partition coefficient (Wildman–Crippen LogP) is 3.02. The lowest BCUT2D eigenvalue weighted by molar-refractivity contribution is 0.0600. The molecular formula is C20H23NO6S. The largest absolute Gasteiger partial charge is 0.497 e. The highest BCUT2D eigenvalue weighted by Gasteiger charge is 2.38. The molecule has 0 N–H and O–H groups in total. The van der Waals surface area contributed by atoms with Crippen molar-refractivity contribution in [3.05, 3.63) is 53.6 Å². The van der Waals surface area contributed by atoms with Gasteiger partial charge in [0.15, 0.2) is 0 Å². The third-order valence-electron chi connectivity index (χ3n) is 4.86. The number of nitrogens with zero attached hydrogens (tertiary/aromatic N) is 1. The first-order chi connectivity index (χ1) is 13.4. The van der Waals surface area contributed by atoms with E-state index in [-0.39, 0.29) is 16.5 Å². The first-order valence-corrected chi connectivity index (χ1v) is 10.3. The number of carbonyl (C=O) groups excluding carboxylic acids is 1. The second-order valence-corrected chi connectivity index (χ2v) is 8.29. The molecule has 3 rings (SSSR count). The molecule has 1 heterocycles. The third-order valence-corrected chi connectivity index (χ3v) is 6.77.